The molecule has 1 aliphatic rings. The summed E-state index contributed by atoms with van der Waals surface area (Å²) in [7, 11) is 0. The SMILES string of the molecule is Cc1cccc(OCCNC(=O)c2ccc3c(=O)n4c(nc3c2)CCCCCC4)c1. The molecule has 2 aromatic carbocycles. The first kappa shape index (κ1) is 20.1. The van der Waals surface area contributed by atoms with Gasteiger partial charge in [0.1, 0.15) is 18.2 Å². The number of benzene rings is 2. The summed E-state index contributed by atoms with van der Waals surface area (Å²) in [4.78, 5) is 30.2. The first-order valence-electron chi connectivity index (χ1n) is 10.6. The lowest BCUT2D eigenvalue weighted by Gasteiger charge is -2.16. The number of nitrogens with zero attached hydrogens (tertiary/aromatic N) is 2. The molecule has 0 atom stereocenters. The third kappa shape index (κ3) is 4.53. The molecule has 1 N–H and O–H groups in total. The predicted molar refractivity (Wildman–Crippen MR) is 117 cm³/mol. The molecule has 2 heterocycles. The van der Waals surface area contributed by atoms with Gasteiger partial charge in [0.15, 0.2) is 0 Å². The molecule has 0 fully saturated rings. The highest BCUT2D eigenvalue weighted by Crippen LogP contribution is 2.16. The van der Waals surface area contributed by atoms with Crippen LogP contribution in [0.5, 0.6) is 5.75 Å². The van der Waals surface area contributed by atoms with Gasteiger partial charge in [0.05, 0.1) is 17.4 Å². The number of rotatable bonds is 5. The maximum Gasteiger partial charge on any atom is 0.261 e. The monoisotopic (exact) mass is 405 g/mol. The summed E-state index contributed by atoms with van der Waals surface area (Å²) in [6, 6.07) is 12.9. The molecule has 0 saturated heterocycles. The first-order valence-corrected chi connectivity index (χ1v) is 10.6. The van der Waals surface area contributed by atoms with Gasteiger partial charge in [-0.05, 0) is 55.7 Å². The molecule has 1 aliphatic heterocycles. The Morgan fingerprint density at radius 3 is 2.87 bits per heavy atom. The number of nitrogens with one attached hydrogen (secondary N) is 1. The van der Waals surface area contributed by atoms with Crippen molar-refractivity contribution >= 4 is 16.8 Å². The van der Waals surface area contributed by atoms with Crippen molar-refractivity contribution in [2.24, 2.45) is 0 Å². The lowest BCUT2D eigenvalue weighted by Crippen LogP contribution is -2.29. The van der Waals surface area contributed by atoms with Crippen molar-refractivity contribution in [2.45, 2.75) is 45.6 Å². The molecule has 6 nitrogen and oxygen atoms in total. The smallest absolute Gasteiger partial charge is 0.261 e. The van der Waals surface area contributed by atoms with Crippen molar-refractivity contribution < 1.29 is 9.53 Å². The van der Waals surface area contributed by atoms with Gasteiger partial charge in [-0.2, -0.15) is 0 Å². The Morgan fingerprint density at radius 1 is 1.13 bits per heavy atom. The third-order valence-electron chi connectivity index (χ3n) is 5.47. The van der Waals surface area contributed by atoms with Gasteiger partial charge in [0, 0.05) is 18.5 Å². The van der Waals surface area contributed by atoms with Crippen molar-refractivity contribution in [1.29, 1.82) is 0 Å². The molecule has 0 unspecified atom stereocenters. The van der Waals surface area contributed by atoms with Crippen LogP contribution < -0.4 is 15.6 Å². The van der Waals surface area contributed by atoms with Gasteiger partial charge in [-0.3, -0.25) is 14.2 Å². The fourth-order valence-corrected chi connectivity index (χ4v) is 3.88. The lowest BCUT2D eigenvalue weighted by molar-refractivity contribution is 0.0947. The second-order valence-electron chi connectivity index (χ2n) is 7.80. The van der Waals surface area contributed by atoms with Gasteiger partial charge in [-0.25, -0.2) is 4.98 Å². The van der Waals surface area contributed by atoms with Crippen LogP contribution in [0.25, 0.3) is 10.9 Å². The summed E-state index contributed by atoms with van der Waals surface area (Å²) in [6.07, 6.45) is 5.17. The van der Waals surface area contributed by atoms with Crippen LogP contribution >= 0.6 is 0 Å². The van der Waals surface area contributed by atoms with Crippen LogP contribution in [-0.2, 0) is 13.0 Å². The molecule has 30 heavy (non-hydrogen) atoms. The summed E-state index contributed by atoms with van der Waals surface area (Å²) in [5.74, 6) is 1.42. The minimum atomic E-state index is -0.196. The average molecular weight is 405 g/mol. The fourth-order valence-electron chi connectivity index (χ4n) is 3.88. The van der Waals surface area contributed by atoms with E-state index < -0.39 is 0 Å². The molecule has 0 radical (unpaired) electrons. The normalized spacial score (nSPS) is 13.9. The van der Waals surface area contributed by atoms with Gasteiger partial charge in [-0.15, -0.1) is 0 Å². The number of ether oxygens (including phenoxy) is 1. The van der Waals surface area contributed by atoms with Crippen LogP contribution in [-0.4, -0.2) is 28.6 Å². The van der Waals surface area contributed by atoms with Gasteiger partial charge in [0.25, 0.3) is 11.5 Å². The van der Waals surface area contributed by atoms with Crippen LogP contribution in [0, 0.1) is 6.92 Å². The van der Waals surface area contributed by atoms with E-state index in [-0.39, 0.29) is 11.5 Å². The van der Waals surface area contributed by atoms with Gasteiger partial charge >= 0.3 is 0 Å². The predicted octanol–water partition coefficient (Wildman–Crippen LogP) is 3.63. The Kier molecular flexibility index (Phi) is 6.12. The van der Waals surface area contributed by atoms with Crippen molar-refractivity contribution in [2.75, 3.05) is 13.2 Å². The quantitative estimate of drug-likeness (QED) is 0.658. The van der Waals surface area contributed by atoms with Crippen LogP contribution in [0.4, 0.5) is 0 Å². The summed E-state index contributed by atoms with van der Waals surface area (Å²) in [5, 5.41) is 3.44. The number of hydrogen-bond donors (Lipinski definition) is 1. The highest BCUT2D eigenvalue weighted by atomic mass is 16.5. The molecule has 0 bridgehead atoms. The molecule has 1 aromatic heterocycles. The largest absolute Gasteiger partial charge is 0.492 e. The Labute approximate surface area is 175 Å². The van der Waals surface area contributed by atoms with E-state index in [4.69, 9.17) is 9.72 Å². The zero-order valence-corrected chi connectivity index (χ0v) is 17.3. The zero-order chi connectivity index (χ0) is 20.9. The Bertz CT molecular complexity index is 1120. The van der Waals surface area contributed by atoms with Gasteiger partial charge in [-0.1, -0.05) is 25.0 Å². The lowest BCUT2D eigenvalue weighted by atomic mass is 10.1. The number of carbonyl (C=O) groups is 1. The van der Waals surface area contributed by atoms with E-state index in [1.165, 1.54) is 6.42 Å². The van der Waals surface area contributed by atoms with Crippen molar-refractivity contribution in [3.63, 3.8) is 0 Å². The highest BCUT2D eigenvalue weighted by Gasteiger charge is 2.14. The van der Waals surface area contributed by atoms with Crippen molar-refractivity contribution in [1.82, 2.24) is 14.9 Å². The van der Waals surface area contributed by atoms with E-state index in [0.717, 1.165) is 49.4 Å². The van der Waals surface area contributed by atoms with E-state index in [0.29, 0.717) is 29.6 Å². The van der Waals surface area contributed by atoms with E-state index in [2.05, 4.69) is 5.32 Å². The Balaban J connectivity index is 1.45. The second kappa shape index (κ2) is 9.11. The molecule has 1 amide bonds. The number of amides is 1. The molecule has 0 aliphatic carbocycles. The molecule has 156 valence electrons. The number of hydrogen-bond acceptors (Lipinski definition) is 4. The molecular formula is C24H27N3O3. The van der Waals surface area contributed by atoms with Gasteiger partial charge in [0.2, 0.25) is 0 Å². The maximum absolute atomic E-state index is 12.9. The first-order chi connectivity index (χ1) is 14.6. The minimum absolute atomic E-state index is 0.00425. The van der Waals surface area contributed by atoms with Crippen molar-refractivity contribution in [3.8, 4) is 5.75 Å². The van der Waals surface area contributed by atoms with E-state index in [1.807, 2.05) is 35.8 Å². The topological polar surface area (TPSA) is 73.2 Å². The van der Waals surface area contributed by atoms with Crippen LogP contribution in [0.15, 0.2) is 47.3 Å². The Morgan fingerprint density at radius 2 is 2.00 bits per heavy atom. The second-order valence-corrected chi connectivity index (χ2v) is 7.80. The number of carbonyl (C=O) groups excluding carboxylic acids is 1. The third-order valence-corrected chi connectivity index (χ3v) is 5.47. The summed E-state index contributed by atoms with van der Waals surface area (Å²) < 4.78 is 7.48. The van der Waals surface area contributed by atoms with Crippen LogP contribution in [0.2, 0.25) is 0 Å². The molecular weight excluding hydrogens is 378 g/mol. The van der Waals surface area contributed by atoms with Gasteiger partial charge < -0.3 is 10.1 Å². The molecule has 0 spiro atoms. The molecule has 6 heteroatoms. The molecule has 4 rings (SSSR count). The zero-order valence-electron chi connectivity index (χ0n) is 17.3. The maximum atomic E-state index is 12.9. The standard InChI is InChI=1S/C24H27N3O3/c1-17-7-6-8-19(15-17)30-14-12-25-23(28)18-10-11-20-21(16-18)26-22-9-4-2-3-5-13-27(22)24(20)29/h6-8,10-11,15-16H,2-5,9,12-14H2,1H3,(H,25,28). The highest BCUT2D eigenvalue weighted by molar-refractivity contribution is 5.97. The van der Waals surface area contributed by atoms with E-state index in [9.17, 15) is 9.59 Å². The number of fused-ring (bicyclic) bond motifs is 2. The minimum Gasteiger partial charge on any atom is -0.492 e. The summed E-state index contributed by atoms with van der Waals surface area (Å²) in [6.45, 7) is 3.51. The summed E-state index contributed by atoms with van der Waals surface area (Å²) >= 11 is 0. The fraction of sp³-hybridized carbons (Fsp3) is 0.375. The molecule has 0 saturated carbocycles. The van der Waals surface area contributed by atoms with E-state index >= 15 is 0 Å². The van der Waals surface area contributed by atoms with Crippen LogP contribution in [0.1, 0.15) is 47.4 Å². The summed E-state index contributed by atoms with van der Waals surface area (Å²) in [5.41, 5.74) is 2.22. The number of aromatic nitrogens is 2. The van der Waals surface area contributed by atoms with Crippen LogP contribution in [0.3, 0.4) is 0 Å². The molecule has 3 aromatic rings. The Hall–Kier alpha value is -3.15. The average Bonchev–Trinajstić information content (AvgIpc) is 2.72. The van der Waals surface area contributed by atoms with Crippen molar-refractivity contribution in [3.05, 3.63) is 69.8 Å². The van der Waals surface area contributed by atoms with E-state index in [1.54, 1.807) is 18.2 Å². The number of aryl methyl sites for hydroxylation is 2.